The van der Waals surface area contributed by atoms with E-state index in [1.165, 1.54) is 11.6 Å². The first-order valence-electron chi connectivity index (χ1n) is 7.34. The van der Waals surface area contributed by atoms with Gasteiger partial charge in [0.05, 0.1) is 6.04 Å². The van der Waals surface area contributed by atoms with E-state index in [-0.39, 0.29) is 11.9 Å². The third-order valence-corrected chi connectivity index (χ3v) is 3.52. The van der Waals surface area contributed by atoms with Gasteiger partial charge in [-0.25, -0.2) is 4.39 Å². The van der Waals surface area contributed by atoms with E-state index < -0.39 is 0 Å². The Hall–Kier alpha value is -1.83. The molecule has 2 aromatic carbocycles. The molecule has 0 spiro atoms. The van der Waals surface area contributed by atoms with Gasteiger partial charge in [0.15, 0.2) is 0 Å². The summed E-state index contributed by atoms with van der Waals surface area (Å²) >= 11 is 0. The van der Waals surface area contributed by atoms with Crippen LogP contribution in [0.3, 0.4) is 0 Å². The Labute approximate surface area is 120 Å². The van der Waals surface area contributed by atoms with Gasteiger partial charge in [-0.2, -0.15) is 0 Å². The first kappa shape index (κ1) is 14.6. The van der Waals surface area contributed by atoms with Crippen molar-refractivity contribution in [2.24, 2.45) is 0 Å². The molecule has 0 heterocycles. The first-order chi connectivity index (χ1) is 9.74. The summed E-state index contributed by atoms with van der Waals surface area (Å²) in [6, 6.07) is 15.4. The van der Waals surface area contributed by atoms with Crippen molar-refractivity contribution in [1.29, 1.82) is 0 Å². The van der Waals surface area contributed by atoms with E-state index in [9.17, 15) is 4.39 Å². The number of nitrogens with one attached hydrogen (secondary N) is 1. The molecular formula is C18H22FN. The Morgan fingerprint density at radius 2 is 1.70 bits per heavy atom. The Morgan fingerprint density at radius 1 is 1.00 bits per heavy atom. The minimum atomic E-state index is -0.144. The maximum atomic E-state index is 13.9. The largest absolute Gasteiger partial charge is 0.378 e. The average molecular weight is 271 g/mol. The molecule has 1 atom stereocenters. The molecule has 2 rings (SSSR count). The zero-order chi connectivity index (χ0) is 14.4. The standard InChI is InChI=1S/C18H22FN/c1-3-7-14-10-12-15(13-11-14)20-18(4-2)16-8-5-6-9-17(16)19/h5-6,8-13,18,20H,3-4,7H2,1-2H3. The van der Waals surface area contributed by atoms with Gasteiger partial charge >= 0.3 is 0 Å². The molecule has 0 amide bonds. The van der Waals surface area contributed by atoms with Crippen molar-refractivity contribution in [1.82, 2.24) is 0 Å². The number of hydrogen-bond donors (Lipinski definition) is 1. The van der Waals surface area contributed by atoms with Crippen LogP contribution in [0.1, 0.15) is 43.9 Å². The minimum absolute atomic E-state index is 0.00762. The van der Waals surface area contributed by atoms with Gasteiger partial charge in [0, 0.05) is 11.3 Å². The van der Waals surface area contributed by atoms with Crippen molar-refractivity contribution in [3.63, 3.8) is 0 Å². The smallest absolute Gasteiger partial charge is 0.128 e. The van der Waals surface area contributed by atoms with E-state index in [2.05, 4.69) is 43.4 Å². The van der Waals surface area contributed by atoms with Crippen LogP contribution in [0.5, 0.6) is 0 Å². The maximum Gasteiger partial charge on any atom is 0.128 e. The lowest BCUT2D eigenvalue weighted by Gasteiger charge is -2.19. The van der Waals surface area contributed by atoms with Crippen molar-refractivity contribution in [2.45, 2.75) is 39.2 Å². The van der Waals surface area contributed by atoms with Crippen LogP contribution in [0.15, 0.2) is 48.5 Å². The quantitative estimate of drug-likeness (QED) is 0.747. The SMILES string of the molecule is CCCc1ccc(NC(CC)c2ccccc2F)cc1. The van der Waals surface area contributed by atoms with Crippen LogP contribution in [0.2, 0.25) is 0 Å². The van der Waals surface area contributed by atoms with Crippen molar-refractivity contribution in [3.05, 3.63) is 65.5 Å². The van der Waals surface area contributed by atoms with Gasteiger partial charge < -0.3 is 5.32 Å². The summed E-state index contributed by atoms with van der Waals surface area (Å²) in [5.74, 6) is -0.144. The summed E-state index contributed by atoms with van der Waals surface area (Å²) in [6.07, 6.45) is 3.10. The van der Waals surface area contributed by atoms with E-state index in [0.29, 0.717) is 0 Å². The number of anilines is 1. The second-order valence-electron chi connectivity index (χ2n) is 5.07. The average Bonchev–Trinajstić information content (AvgIpc) is 2.48. The van der Waals surface area contributed by atoms with Gasteiger partial charge in [-0.15, -0.1) is 0 Å². The normalized spacial score (nSPS) is 12.2. The van der Waals surface area contributed by atoms with E-state index in [1.54, 1.807) is 6.07 Å². The van der Waals surface area contributed by atoms with Gasteiger partial charge in [-0.1, -0.05) is 50.6 Å². The molecule has 1 N–H and O–H groups in total. The predicted molar refractivity (Wildman–Crippen MR) is 83.5 cm³/mol. The third-order valence-electron chi connectivity index (χ3n) is 3.52. The van der Waals surface area contributed by atoms with Crippen LogP contribution in [0.4, 0.5) is 10.1 Å². The highest BCUT2D eigenvalue weighted by atomic mass is 19.1. The van der Waals surface area contributed by atoms with Crippen LogP contribution < -0.4 is 5.32 Å². The topological polar surface area (TPSA) is 12.0 Å². The summed E-state index contributed by atoms with van der Waals surface area (Å²) in [6.45, 7) is 4.24. The number of aryl methyl sites for hydroxylation is 1. The molecule has 0 aliphatic carbocycles. The fourth-order valence-corrected chi connectivity index (χ4v) is 2.41. The summed E-state index contributed by atoms with van der Waals surface area (Å²) in [4.78, 5) is 0. The van der Waals surface area contributed by atoms with Crippen molar-refractivity contribution in [3.8, 4) is 0 Å². The molecule has 0 aliphatic heterocycles. The number of benzene rings is 2. The van der Waals surface area contributed by atoms with Gasteiger partial charge in [-0.3, -0.25) is 0 Å². The van der Waals surface area contributed by atoms with E-state index >= 15 is 0 Å². The van der Waals surface area contributed by atoms with Crippen LogP contribution in [-0.4, -0.2) is 0 Å². The Balaban J connectivity index is 2.12. The molecule has 2 heteroatoms. The highest BCUT2D eigenvalue weighted by molar-refractivity contribution is 5.47. The zero-order valence-electron chi connectivity index (χ0n) is 12.2. The minimum Gasteiger partial charge on any atom is -0.378 e. The van der Waals surface area contributed by atoms with Crippen LogP contribution >= 0.6 is 0 Å². The van der Waals surface area contributed by atoms with Gasteiger partial charge in [-0.05, 0) is 36.6 Å². The Morgan fingerprint density at radius 3 is 2.30 bits per heavy atom. The van der Waals surface area contributed by atoms with Crippen LogP contribution in [0.25, 0.3) is 0 Å². The van der Waals surface area contributed by atoms with Crippen molar-refractivity contribution in [2.75, 3.05) is 5.32 Å². The van der Waals surface area contributed by atoms with E-state index in [1.807, 2.05) is 12.1 Å². The van der Waals surface area contributed by atoms with Crippen LogP contribution in [-0.2, 0) is 6.42 Å². The summed E-state index contributed by atoms with van der Waals surface area (Å²) in [5.41, 5.74) is 3.12. The summed E-state index contributed by atoms with van der Waals surface area (Å²) < 4.78 is 13.9. The Bertz CT molecular complexity index is 533. The second kappa shape index (κ2) is 7.09. The lowest BCUT2D eigenvalue weighted by molar-refractivity contribution is 0.587. The monoisotopic (exact) mass is 271 g/mol. The molecule has 2 aromatic rings. The van der Waals surface area contributed by atoms with Crippen molar-refractivity contribution >= 4 is 5.69 Å². The molecule has 20 heavy (non-hydrogen) atoms. The number of rotatable bonds is 6. The summed E-state index contributed by atoms with van der Waals surface area (Å²) in [7, 11) is 0. The highest BCUT2D eigenvalue weighted by Crippen LogP contribution is 2.25. The van der Waals surface area contributed by atoms with E-state index in [0.717, 1.165) is 30.5 Å². The molecule has 0 radical (unpaired) electrons. The maximum absolute atomic E-state index is 13.9. The lowest BCUT2D eigenvalue weighted by atomic mass is 10.0. The van der Waals surface area contributed by atoms with Crippen molar-refractivity contribution < 1.29 is 4.39 Å². The van der Waals surface area contributed by atoms with Crippen LogP contribution in [0, 0.1) is 5.82 Å². The van der Waals surface area contributed by atoms with Gasteiger partial charge in [0.2, 0.25) is 0 Å². The molecule has 0 fully saturated rings. The number of hydrogen-bond acceptors (Lipinski definition) is 1. The molecule has 1 unspecified atom stereocenters. The fraction of sp³-hybridized carbons (Fsp3) is 0.333. The second-order valence-corrected chi connectivity index (χ2v) is 5.07. The summed E-state index contributed by atoms with van der Waals surface area (Å²) in [5, 5.41) is 3.42. The lowest BCUT2D eigenvalue weighted by Crippen LogP contribution is -2.11. The molecule has 0 aromatic heterocycles. The molecule has 0 saturated carbocycles. The highest BCUT2D eigenvalue weighted by Gasteiger charge is 2.13. The zero-order valence-corrected chi connectivity index (χ0v) is 12.2. The fourth-order valence-electron chi connectivity index (χ4n) is 2.41. The molecular weight excluding hydrogens is 249 g/mol. The molecule has 0 saturated heterocycles. The third kappa shape index (κ3) is 3.60. The Kier molecular flexibility index (Phi) is 5.16. The molecule has 0 aliphatic rings. The molecule has 1 nitrogen and oxygen atoms in total. The number of halogens is 1. The van der Waals surface area contributed by atoms with E-state index in [4.69, 9.17) is 0 Å². The molecule has 0 bridgehead atoms. The van der Waals surface area contributed by atoms with Gasteiger partial charge in [0.1, 0.15) is 5.82 Å². The predicted octanol–water partition coefficient (Wildman–Crippen LogP) is 5.34. The molecule has 106 valence electrons. The first-order valence-corrected chi connectivity index (χ1v) is 7.34. The van der Waals surface area contributed by atoms with Gasteiger partial charge in [0.25, 0.3) is 0 Å².